The lowest BCUT2D eigenvalue weighted by molar-refractivity contribution is 0.794. The minimum absolute atomic E-state index is 0.385. The van der Waals surface area contributed by atoms with Crippen molar-refractivity contribution in [2.24, 2.45) is 0 Å². The Morgan fingerprint density at radius 2 is 0.684 bits per heavy atom. The molecule has 2 aliphatic carbocycles. The highest BCUT2D eigenvalue weighted by Crippen LogP contribution is 2.64. The predicted molar refractivity (Wildman–Crippen MR) is 237 cm³/mol. The highest BCUT2D eigenvalue weighted by Gasteiger charge is 2.52. The molecule has 264 valence electrons. The van der Waals surface area contributed by atoms with Crippen LogP contribution in [-0.4, -0.2) is 9.13 Å². The molecule has 0 bridgehead atoms. The van der Waals surface area contributed by atoms with Crippen LogP contribution >= 0.6 is 0 Å². The maximum absolute atomic E-state index is 2.52. The van der Waals surface area contributed by atoms with Crippen LogP contribution in [0.1, 0.15) is 22.3 Å². The van der Waals surface area contributed by atoms with Gasteiger partial charge in [-0.25, -0.2) is 0 Å². The first-order valence-corrected chi connectivity index (χ1v) is 19.9. The molecule has 57 heavy (non-hydrogen) atoms. The van der Waals surface area contributed by atoms with Gasteiger partial charge >= 0.3 is 0 Å². The fraction of sp³-hybridized carbons (Fsp3) is 0.0182. The van der Waals surface area contributed by atoms with Gasteiger partial charge in [-0.1, -0.05) is 164 Å². The number of hydrogen-bond donors (Lipinski definition) is 0. The van der Waals surface area contributed by atoms with Crippen molar-refractivity contribution < 1.29 is 0 Å². The molecule has 13 rings (SSSR count). The van der Waals surface area contributed by atoms with Crippen molar-refractivity contribution in [3.8, 4) is 44.8 Å². The molecule has 11 aromatic rings. The number of fused-ring (bicyclic) bond motifs is 17. The van der Waals surface area contributed by atoms with Crippen molar-refractivity contribution in [1.82, 2.24) is 9.13 Å². The largest absolute Gasteiger partial charge is 0.309 e. The summed E-state index contributed by atoms with van der Waals surface area (Å²) in [5.41, 5.74) is 20.0. The van der Waals surface area contributed by atoms with E-state index in [0.29, 0.717) is 0 Å². The Hall–Kier alpha value is -7.42. The van der Waals surface area contributed by atoms with Crippen molar-refractivity contribution in [1.29, 1.82) is 0 Å². The molecule has 2 aliphatic rings. The SMILES string of the molecule is c1ccc2c(c1)-c1ccccc1C21c2ccccc2-c2c1ccc1c3ccccc3n(-c3ccc(-c4ccc(-n5c6ccccc6c6ccccc65)cc4)cc3)c21. The quantitative estimate of drug-likeness (QED) is 0.172. The minimum atomic E-state index is -0.385. The second-order valence-electron chi connectivity index (χ2n) is 15.6. The zero-order valence-electron chi connectivity index (χ0n) is 31.0. The summed E-state index contributed by atoms with van der Waals surface area (Å²) in [5, 5.41) is 5.10. The van der Waals surface area contributed by atoms with Crippen LogP contribution in [0.25, 0.3) is 88.4 Å². The number of rotatable bonds is 3. The van der Waals surface area contributed by atoms with E-state index in [-0.39, 0.29) is 5.41 Å². The van der Waals surface area contributed by atoms with Gasteiger partial charge in [0.1, 0.15) is 0 Å². The van der Waals surface area contributed by atoms with Gasteiger partial charge in [0, 0.05) is 38.5 Å². The van der Waals surface area contributed by atoms with Gasteiger partial charge in [0.25, 0.3) is 0 Å². The molecule has 0 fully saturated rings. The zero-order chi connectivity index (χ0) is 37.2. The monoisotopic (exact) mass is 722 g/mol. The lowest BCUT2D eigenvalue weighted by Crippen LogP contribution is -2.25. The predicted octanol–water partition coefficient (Wildman–Crippen LogP) is 13.9. The molecule has 0 amide bonds. The first kappa shape index (κ1) is 30.9. The van der Waals surface area contributed by atoms with Gasteiger partial charge in [-0.15, -0.1) is 0 Å². The van der Waals surface area contributed by atoms with Gasteiger partial charge in [-0.3, -0.25) is 0 Å². The first-order valence-electron chi connectivity index (χ1n) is 19.9. The Bertz CT molecular complexity index is 3350. The molecule has 0 atom stereocenters. The maximum atomic E-state index is 2.52. The molecule has 0 saturated carbocycles. The molecule has 2 nitrogen and oxygen atoms in total. The summed E-state index contributed by atoms with van der Waals surface area (Å²) < 4.78 is 4.89. The van der Waals surface area contributed by atoms with Crippen LogP contribution in [-0.2, 0) is 5.41 Å². The smallest absolute Gasteiger partial charge is 0.0726 e. The summed E-state index contributed by atoms with van der Waals surface area (Å²) in [6, 6.07) is 76.6. The molecule has 0 unspecified atom stereocenters. The van der Waals surface area contributed by atoms with E-state index in [4.69, 9.17) is 0 Å². The summed E-state index contributed by atoms with van der Waals surface area (Å²) in [6.45, 7) is 0. The van der Waals surface area contributed by atoms with Crippen LogP contribution < -0.4 is 0 Å². The summed E-state index contributed by atoms with van der Waals surface area (Å²) in [5.74, 6) is 0. The second-order valence-corrected chi connectivity index (χ2v) is 15.6. The fourth-order valence-corrected chi connectivity index (χ4v) is 10.7. The average molecular weight is 723 g/mol. The molecule has 2 heteroatoms. The third-order valence-electron chi connectivity index (χ3n) is 13.0. The topological polar surface area (TPSA) is 9.86 Å². The number of para-hydroxylation sites is 3. The normalized spacial score (nSPS) is 13.4. The lowest BCUT2D eigenvalue weighted by Gasteiger charge is -2.30. The molecule has 0 N–H and O–H groups in total. The van der Waals surface area contributed by atoms with E-state index < -0.39 is 0 Å². The van der Waals surface area contributed by atoms with E-state index in [1.165, 1.54) is 99.2 Å². The van der Waals surface area contributed by atoms with Crippen LogP contribution in [0, 0.1) is 0 Å². The van der Waals surface area contributed by atoms with E-state index in [0.717, 1.165) is 11.4 Å². The van der Waals surface area contributed by atoms with Crippen molar-refractivity contribution in [3.63, 3.8) is 0 Å². The van der Waals surface area contributed by atoms with Crippen molar-refractivity contribution in [2.45, 2.75) is 5.41 Å². The van der Waals surface area contributed by atoms with Crippen LogP contribution in [0.5, 0.6) is 0 Å². The second kappa shape index (κ2) is 11.3. The van der Waals surface area contributed by atoms with Crippen molar-refractivity contribution in [2.75, 3.05) is 0 Å². The van der Waals surface area contributed by atoms with Crippen LogP contribution in [0.15, 0.2) is 206 Å². The third-order valence-corrected chi connectivity index (χ3v) is 13.0. The van der Waals surface area contributed by atoms with Gasteiger partial charge in [0.05, 0.1) is 27.5 Å². The van der Waals surface area contributed by atoms with E-state index in [9.17, 15) is 0 Å². The van der Waals surface area contributed by atoms with E-state index in [2.05, 4.69) is 215 Å². The third kappa shape index (κ3) is 3.94. The van der Waals surface area contributed by atoms with E-state index in [1.807, 2.05) is 0 Å². The van der Waals surface area contributed by atoms with Gasteiger partial charge in [-0.05, 0) is 92.5 Å². The Labute approximate surface area is 330 Å². The number of benzene rings is 9. The Kier molecular flexibility index (Phi) is 6.13. The Morgan fingerprint density at radius 3 is 1.23 bits per heavy atom. The van der Waals surface area contributed by atoms with Crippen LogP contribution in [0.3, 0.4) is 0 Å². The van der Waals surface area contributed by atoms with Gasteiger partial charge in [0.15, 0.2) is 0 Å². The van der Waals surface area contributed by atoms with E-state index in [1.54, 1.807) is 0 Å². The fourth-order valence-electron chi connectivity index (χ4n) is 10.7. The molecular weight excluding hydrogens is 689 g/mol. The minimum Gasteiger partial charge on any atom is -0.309 e. The number of nitrogens with zero attached hydrogens (tertiary/aromatic N) is 2. The summed E-state index contributed by atoms with van der Waals surface area (Å²) in [7, 11) is 0. The van der Waals surface area contributed by atoms with Crippen LogP contribution in [0.4, 0.5) is 0 Å². The van der Waals surface area contributed by atoms with Crippen molar-refractivity contribution >= 4 is 43.6 Å². The van der Waals surface area contributed by atoms with Crippen LogP contribution in [0.2, 0.25) is 0 Å². The average Bonchev–Trinajstić information content (AvgIpc) is 3.99. The molecule has 0 saturated heterocycles. The Morgan fingerprint density at radius 1 is 0.281 bits per heavy atom. The summed E-state index contributed by atoms with van der Waals surface area (Å²) in [6.07, 6.45) is 0. The Balaban J connectivity index is 0.990. The molecule has 0 radical (unpaired) electrons. The standard InChI is InChI=1S/C55H34N2/c1-7-19-46-39(13-1)40-14-2-8-20-47(40)55(46)48-21-9-3-18-45(48)53-49(55)34-33-44-43-17-6-12-24-52(43)57(54(44)53)38-31-27-36(28-32-38)35-25-29-37(30-26-35)56-50-22-10-4-15-41(50)42-16-5-11-23-51(42)56/h1-34H. The first-order chi connectivity index (χ1) is 28.3. The maximum Gasteiger partial charge on any atom is 0.0726 e. The van der Waals surface area contributed by atoms with E-state index >= 15 is 0 Å². The van der Waals surface area contributed by atoms with Gasteiger partial charge in [0.2, 0.25) is 0 Å². The van der Waals surface area contributed by atoms with Gasteiger partial charge in [-0.2, -0.15) is 0 Å². The summed E-state index contributed by atoms with van der Waals surface area (Å²) >= 11 is 0. The number of hydrogen-bond acceptors (Lipinski definition) is 0. The zero-order valence-corrected chi connectivity index (χ0v) is 31.0. The highest BCUT2D eigenvalue weighted by molar-refractivity contribution is 6.16. The molecule has 1 spiro atoms. The molecule has 2 aromatic heterocycles. The molecule has 9 aromatic carbocycles. The number of aromatic nitrogens is 2. The van der Waals surface area contributed by atoms with Gasteiger partial charge < -0.3 is 9.13 Å². The lowest BCUT2D eigenvalue weighted by atomic mass is 9.70. The summed E-state index contributed by atoms with van der Waals surface area (Å²) in [4.78, 5) is 0. The molecule has 0 aliphatic heterocycles. The van der Waals surface area contributed by atoms with Crippen molar-refractivity contribution in [3.05, 3.63) is 229 Å². The highest BCUT2D eigenvalue weighted by atomic mass is 15.0. The molecule has 2 heterocycles. The molecular formula is C55H34N2.